The number of carbonyl (C=O) groups excluding carboxylic acids is 1. The summed E-state index contributed by atoms with van der Waals surface area (Å²) in [5.74, 6) is 0.771. The highest BCUT2D eigenvalue weighted by atomic mass is 35.5. The zero-order chi connectivity index (χ0) is 17.8. The number of nitrogens with zero attached hydrogens (tertiary/aromatic N) is 2. The number of aromatic nitrogens is 2. The zero-order valence-electron chi connectivity index (χ0n) is 14.0. The van der Waals surface area contributed by atoms with E-state index in [1.807, 2.05) is 36.4 Å². The van der Waals surface area contributed by atoms with Crippen molar-refractivity contribution in [1.29, 1.82) is 0 Å². The van der Waals surface area contributed by atoms with Crippen molar-refractivity contribution in [2.75, 3.05) is 5.32 Å². The second-order valence-corrected chi connectivity index (χ2v) is 6.47. The third kappa shape index (κ3) is 4.22. The molecule has 4 nitrogen and oxygen atoms in total. The second-order valence-electron chi connectivity index (χ2n) is 6.03. The van der Waals surface area contributed by atoms with Crippen LogP contribution in [-0.2, 0) is 0 Å². The van der Waals surface area contributed by atoms with Gasteiger partial charge < -0.3 is 5.32 Å². The summed E-state index contributed by atoms with van der Waals surface area (Å²) in [6, 6.07) is 15.1. The summed E-state index contributed by atoms with van der Waals surface area (Å²) >= 11 is 5.88. The molecule has 0 unspecified atom stereocenters. The summed E-state index contributed by atoms with van der Waals surface area (Å²) < 4.78 is 0. The Balaban J connectivity index is 1.71. The Morgan fingerprint density at radius 3 is 2.12 bits per heavy atom. The van der Waals surface area contributed by atoms with Gasteiger partial charge in [-0.1, -0.05) is 37.6 Å². The van der Waals surface area contributed by atoms with E-state index < -0.39 is 0 Å². The van der Waals surface area contributed by atoms with E-state index in [0.717, 1.165) is 11.3 Å². The van der Waals surface area contributed by atoms with Gasteiger partial charge in [0.05, 0.1) is 5.56 Å². The quantitative estimate of drug-likeness (QED) is 0.705. The van der Waals surface area contributed by atoms with Crippen molar-refractivity contribution in [3.8, 4) is 11.4 Å². The van der Waals surface area contributed by atoms with Crippen LogP contribution in [0.4, 0.5) is 5.69 Å². The van der Waals surface area contributed by atoms with E-state index in [2.05, 4.69) is 29.1 Å². The van der Waals surface area contributed by atoms with Crippen LogP contribution < -0.4 is 5.32 Å². The van der Waals surface area contributed by atoms with E-state index in [-0.39, 0.29) is 5.91 Å². The number of carbonyl (C=O) groups is 1. The fourth-order valence-corrected chi connectivity index (χ4v) is 2.47. The van der Waals surface area contributed by atoms with Gasteiger partial charge in [-0.3, -0.25) is 4.79 Å². The van der Waals surface area contributed by atoms with Gasteiger partial charge in [0.2, 0.25) is 0 Å². The van der Waals surface area contributed by atoms with E-state index in [0.29, 0.717) is 22.3 Å². The van der Waals surface area contributed by atoms with E-state index in [9.17, 15) is 4.79 Å². The molecule has 0 fully saturated rings. The molecule has 25 heavy (non-hydrogen) atoms. The molecule has 3 rings (SSSR count). The fourth-order valence-electron chi connectivity index (χ4n) is 2.35. The van der Waals surface area contributed by atoms with Crippen molar-refractivity contribution < 1.29 is 4.79 Å². The van der Waals surface area contributed by atoms with E-state index >= 15 is 0 Å². The third-order valence-corrected chi connectivity index (χ3v) is 4.10. The number of benzene rings is 2. The molecule has 3 aromatic rings. The molecule has 0 spiro atoms. The fraction of sp³-hybridized carbons (Fsp3) is 0.150. The van der Waals surface area contributed by atoms with Gasteiger partial charge >= 0.3 is 0 Å². The normalized spacial score (nSPS) is 10.7. The van der Waals surface area contributed by atoms with E-state index in [4.69, 9.17) is 11.6 Å². The Kier molecular flexibility index (Phi) is 5.10. The Morgan fingerprint density at radius 2 is 1.56 bits per heavy atom. The van der Waals surface area contributed by atoms with Crippen LogP contribution in [0.15, 0.2) is 60.9 Å². The van der Waals surface area contributed by atoms with Crippen LogP contribution in [0.2, 0.25) is 5.02 Å². The first-order valence-corrected chi connectivity index (χ1v) is 8.40. The highest BCUT2D eigenvalue weighted by Crippen LogP contribution is 2.19. The number of hydrogen-bond acceptors (Lipinski definition) is 3. The summed E-state index contributed by atoms with van der Waals surface area (Å²) in [6.07, 6.45) is 3.05. The Hall–Kier alpha value is -2.72. The molecule has 1 N–H and O–H groups in total. The maximum Gasteiger partial charge on any atom is 0.258 e. The molecule has 0 saturated carbocycles. The van der Waals surface area contributed by atoms with Crippen LogP contribution in [0.25, 0.3) is 11.4 Å². The lowest BCUT2D eigenvalue weighted by Gasteiger charge is -2.08. The first-order valence-electron chi connectivity index (χ1n) is 8.02. The Bertz CT molecular complexity index is 857. The van der Waals surface area contributed by atoms with Crippen LogP contribution in [-0.4, -0.2) is 15.9 Å². The summed E-state index contributed by atoms with van der Waals surface area (Å²) in [6.45, 7) is 4.26. The molecule has 1 aromatic heterocycles. The number of amides is 1. The molecule has 0 atom stereocenters. The summed E-state index contributed by atoms with van der Waals surface area (Å²) in [7, 11) is 0. The van der Waals surface area contributed by atoms with Crippen molar-refractivity contribution >= 4 is 23.2 Å². The van der Waals surface area contributed by atoms with Gasteiger partial charge in [-0.05, 0) is 47.9 Å². The van der Waals surface area contributed by atoms with Crippen LogP contribution in [0.5, 0.6) is 0 Å². The first kappa shape index (κ1) is 17.1. The molecular formula is C20H18ClN3O. The maximum atomic E-state index is 12.3. The molecule has 0 aliphatic rings. The number of nitrogens with one attached hydrogen (secondary N) is 1. The van der Waals surface area contributed by atoms with Gasteiger partial charge in [-0.25, -0.2) is 9.97 Å². The summed E-state index contributed by atoms with van der Waals surface area (Å²) in [5, 5.41) is 3.51. The van der Waals surface area contributed by atoms with E-state index in [1.54, 1.807) is 12.1 Å². The van der Waals surface area contributed by atoms with Crippen molar-refractivity contribution in [3.63, 3.8) is 0 Å². The summed E-state index contributed by atoms with van der Waals surface area (Å²) in [5.41, 5.74) is 3.23. The van der Waals surface area contributed by atoms with Crippen LogP contribution >= 0.6 is 11.6 Å². The molecule has 0 bridgehead atoms. The van der Waals surface area contributed by atoms with Crippen LogP contribution in [0.3, 0.4) is 0 Å². The minimum atomic E-state index is -0.236. The molecule has 2 aromatic carbocycles. The average Bonchev–Trinajstić information content (AvgIpc) is 2.63. The summed E-state index contributed by atoms with van der Waals surface area (Å²) in [4.78, 5) is 20.8. The number of anilines is 1. The predicted molar refractivity (Wildman–Crippen MR) is 101 cm³/mol. The largest absolute Gasteiger partial charge is 0.322 e. The monoisotopic (exact) mass is 351 g/mol. The average molecular weight is 352 g/mol. The van der Waals surface area contributed by atoms with Gasteiger partial charge in [-0.2, -0.15) is 0 Å². The molecule has 1 amide bonds. The Labute approximate surface area is 151 Å². The maximum absolute atomic E-state index is 12.3. The smallest absolute Gasteiger partial charge is 0.258 e. The van der Waals surface area contributed by atoms with Crippen LogP contribution in [0.1, 0.15) is 35.7 Å². The standard InChI is InChI=1S/C20H18ClN3O/c1-13(2)14-5-9-18(10-6-14)24-20(25)16-11-22-19(23-12-16)15-3-7-17(21)8-4-15/h3-13H,1-2H3,(H,24,25). The number of rotatable bonds is 4. The second kappa shape index (κ2) is 7.45. The topological polar surface area (TPSA) is 54.9 Å². The highest BCUT2D eigenvalue weighted by molar-refractivity contribution is 6.30. The van der Waals surface area contributed by atoms with Crippen molar-refractivity contribution in [2.24, 2.45) is 0 Å². The third-order valence-electron chi connectivity index (χ3n) is 3.85. The minimum Gasteiger partial charge on any atom is -0.322 e. The predicted octanol–water partition coefficient (Wildman–Crippen LogP) is 5.17. The van der Waals surface area contributed by atoms with Gasteiger partial charge in [0.25, 0.3) is 5.91 Å². The van der Waals surface area contributed by atoms with Crippen LogP contribution in [0, 0.1) is 0 Å². The molecular weight excluding hydrogens is 334 g/mol. The van der Waals surface area contributed by atoms with E-state index in [1.165, 1.54) is 18.0 Å². The Morgan fingerprint density at radius 1 is 0.960 bits per heavy atom. The molecule has 0 aliphatic heterocycles. The van der Waals surface area contributed by atoms with Crippen molar-refractivity contribution in [2.45, 2.75) is 19.8 Å². The van der Waals surface area contributed by atoms with Gasteiger partial charge in [-0.15, -0.1) is 0 Å². The molecule has 0 aliphatic carbocycles. The lowest BCUT2D eigenvalue weighted by molar-refractivity contribution is 0.102. The minimum absolute atomic E-state index is 0.236. The first-order chi connectivity index (χ1) is 12.0. The highest BCUT2D eigenvalue weighted by Gasteiger charge is 2.09. The van der Waals surface area contributed by atoms with Crippen molar-refractivity contribution in [1.82, 2.24) is 9.97 Å². The molecule has 0 saturated heterocycles. The molecule has 0 radical (unpaired) electrons. The van der Waals surface area contributed by atoms with Gasteiger partial charge in [0, 0.05) is 28.7 Å². The number of halogens is 1. The molecule has 1 heterocycles. The van der Waals surface area contributed by atoms with Gasteiger partial charge in [0.1, 0.15) is 0 Å². The lowest BCUT2D eigenvalue weighted by atomic mass is 10.0. The number of hydrogen-bond donors (Lipinski definition) is 1. The van der Waals surface area contributed by atoms with Crippen molar-refractivity contribution in [3.05, 3.63) is 77.1 Å². The lowest BCUT2D eigenvalue weighted by Crippen LogP contribution is -2.12. The molecule has 5 heteroatoms. The van der Waals surface area contributed by atoms with Gasteiger partial charge in [0.15, 0.2) is 5.82 Å². The zero-order valence-corrected chi connectivity index (χ0v) is 14.8. The molecule has 126 valence electrons. The SMILES string of the molecule is CC(C)c1ccc(NC(=O)c2cnc(-c3ccc(Cl)cc3)nc2)cc1.